The molecule has 0 amide bonds. The van der Waals surface area contributed by atoms with E-state index in [0.717, 1.165) is 44.2 Å². The third-order valence-electron chi connectivity index (χ3n) is 3.37. The molecule has 1 saturated heterocycles. The fourth-order valence-electron chi connectivity index (χ4n) is 2.28. The van der Waals surface area contributed by atoms with Crippen LogP contribution in [0.15, 0.2) is 23.1 Å². The number of benzene rings is 1. The molecule has 1 N–H and O–H groups in total. The van der Waals surface area contributed by atoms with Crippen LogP contribution >= 0.6 is 23.4 Å². The van der Waals surface area contributed by atoms with Gasteiger partial charge in [-0.1, -0.05) is 37.6 Å². The SMILES string of the molecule is CC(C)CNCc1cccc(Cl)c1SC1CCOCC1. The Morgan fingerprint density at radius 1 is 1.35 bits per heavy atom. The second kappa shape index (κ2) is 8.28. The normalized spacial score (nSPS) is 16.8. The van der Waals surface area contributed by atoms with Gasteiger partial charge >= 0.3 is 0 Å². The maximum absolute atomic E-state index is 6.41. The van der Waals surface area contributed by atoms with Crippen molar-refractivity contribution in [1.29, 1.82) is 0 Å². The number of halogens is 1. The Morgan fingerprint density at radius 2 is 2.10 bits per heavy atom. The van der Waals surface area contributed by atoms with Gasteiger partial charge in [-0.05, 0) is 36.9 Å². The minimum atomic E-state index is 0.632. The van der Waals surface area contributed by atoms with E-state index in [2.05, 4.69) is 25.2 Å². The lowest BCUT2D eigenvalue weighted by atomic mass is 10.2. The van der Waals surface area contributed by atoms with Crippen molar-refractivity contribution in [3.8, 4) is 0 Å². The first-order valence-corrected chi connectivity index (χ1v) is 8.65. The molecule has 0 spiro atoms. The second-order valence-electron chi connectivity index (χ2n) is 5.68. The number of thioether (sulfide) groups is 1. The first kappa shape index (κ1) is 16.2. The summed E-state index contributed by atoms with van der Waals surface area (Å²) in [6.07, 6.45) is 2.24. The molecule has 2 rings (SSSR count). The maximum atomic E-state index is 6.41. The van der Waals surface area contributed by atoms with Crippen LogP contribution in [0.1, 0.15) is 32.3 Å². The Labute approximate surface area is 131 Å². The lowest BCUT2D eigenvalue weighted by molar-refractivity contribution is 0.1000. The summed E-state index contributed by atoms with van der Waals surface area (Å²) in [6, 6.07) is 6.22. The first-order valence-electron chi connectivity index (χ1n) is 7.39. The Hall–Kier alpha value is -0.220. The summed E-state index contributed by atoms with van der Waals surface area (Å²) in [5.74, 6) is 0.667. The van der Waals surface area contributed by atoms with Crippen molar-refractivity contribution in [2.75, 3.05) is 19.8 Å². The van der Waals surface area contributed by atoms with Gasteiger partial charge in [-0.15, -0.1) is 11.8 Å². The van der Waals surface area contributed by atoms with Crippen LogP contribution < -0.4 is 5.32 Å². The topological polar surface area (TPSA) is 21.3 Å². The van der Waals surface area contributed by atoms with Crippen LogP contribution in [0.25, 0.3) is 0 Å². The predicted molar refractivity (Wildman–Crippen MR) is 87.7 cm³/mol. The van der Waals surface area contributed by atoms with Crippen molar-refractivity contribution < 1.29 is 4.74 Å². The zero-order chi connectivity index (χ0) is 14.4. The largest absolute Gasteiger partial charge is 0.381 e. The van der Waals surface area contributed by atoms with E-state index in [9.17, 15) is 0 Å². The molecular formula is C16H24ClNOS. The quantitative estimate of drug-likeness (QED) is 0.843. The number of nitrogens with one attached hydrogen (secondary N) is 1. The number of hydrogen-bond donors (Lipinski definition) is 1. The van der Waals surface area contributed by atoms with Crippen molar-refractivity contribution in [2.45, 2.75) is 43.4 Å². The second-order valence-corrected chi connectivity index (χ2v) is 7.40. The minimum absolute atomic E-state index is 0.632. The maximum Gasteiger partial charge on any atom is 0.0545 e. The number of hydrogen-bond acceptors (Lipinski definition) is 3. The summed E-state index contributed by atoms with van der Waals surface area (Å²) < 4.78 is 5.43. The van der Waals surface area contributed by atoms with Crippen LogP contribution in [0.2, 0.25) is 5.02 Å². The molecule has 0 aromatic heterocycles. The van der Waals surface area contributed by atoms with Crippen molar-refractivity contribution in [3.63, 3.8) is 0 Å². The van der Waals surface area contributed by atoms with Crippen LogP contribution in [-0.4, -0.2) is 25.0 Å². The third-order valence-corrected chi connectivity index (χ3v) is 5.32. The van der Waals surface area contributed by atoms with Crippen LogP contribution in [0.4, 0.5) is 0 Å². The molecule has 0 bridgehead atoms. The average Bonchev–Trinajstić information content (AvgIpc) is 2.43. The summed E-state index contributed by atoms with van der Waals surface area (Å²) in [6.45, 7) is 8.13. The number of rotatable bonds is 6. The Kier molecular flexibility index (Phi) is 6.69. The molecule has 20 heavy (non-hydrogen) atoms. The molecule has 0 saturated carbocycles. The summed E-state index contributed by atoms with van der Waals surface area (Å²) in [5, 5.41) is 5.02. The van der Waals surface area contributed by atoms with Gasteiger partial charge in [-0.25, -0.2) is 0 Å². The summed E-state index contributed by atoms with van der Waals surface area (Å²) in [4.78, 5) is 1.25. The zero-order valence-electron chi connectivity index (χ0n) is 12.3. The van der Waals surface area contributed by atoms with E-state index in [4.69, 9.17) is 16.3 Å². The van der Waals surface area contributed by atoms with Crippen molar-refractivity contribution in [2.24, 2.45) is 5.92 Å². The van der Waals surface area contributed by atoms with Gasteiger partial charge in [0.2, 0.25) is 0 Å². The van der Waals surface area contributed by atoms with E-state index in [-0.39, 0.29) is 0 Å². The van der Waals surface area contributed by atoms with Crippen LogP contribution in [-0.2, 0) is 11.3 Å². The monoisotopic (exact) mass is 313 g/mol. The number of ether oxygens (including phenoxy) is 1. The molecule has 0 atom stereocenters. The molecule has 1 aliphatic heterocycles. The Bertz CT molecular complexity index is 419. The van der Waals surface area contributed by atoms with Gasteiger partial charge < -0.3 is 10.1 Å². The fraction of sp³-hybridized carbons (Fsp3) is 0.625. The van der Waals surface area contributed by atoms with E-state index >= 15 is 0 Å². The molecule has 0 aliphatic carbocycles. The highest BCUT2D eigenvalue weighted by molar-refractivity contribution is 8.00. The van der Waals surface area contributed by atoms with E-state index in [1.807, 2.05) is 23.9 Å². The summed E-state index contributed by atoms with van der Waals surface area (Å²) in [5.41, 5.74) is 1.31. The fourth-order valence-corrected chi connectivity index (χ4v) is 3.84. The average molecular weight is 314 g/mol. The van der Waals surface area contributed by atoms with Gasteiger partial charge in [0.15, 0.2) is 0 Å². The molecule has 112 valence electrons. The van der Waals surface area contributed by atoms with Crippen molar-refractivity contribution in [1.82, 2.24) is 5.32 Å². The molecule has 1 fully saturated rings. The van der Waals surface area contributed by atoms with Crippen LogP contribution in [0.3, 0.4) is 0 Å². The molecule has 1 aliphatic rings. The standard InChI is InChI=1S/C16H24ClNOS/c1-12(2)10-18-11-13-4-3-5-15(17)16(13)20-14-6-8-19-9-7-14/h3-5,12,14,18H,6-11H2,1-2H3. The summed E-state index contributed by atoms with van der Waals surface area (Å²) in [7, 11) is 0. The van der Waals surface area contributed by atoms with Crippen LogP contribution in [0, 0.1) is 5.92 Å². The highest BCUT2D eigenvalue weighted by atomic mass is 35.5. The summed E-state index contributed by atoms with van der Waals surface area (Å²) >= 11 is 8.33. The lowest BCUT2D eigenvalue weighted by Gasteiger charge is -2.23. The highest BCUT2D eigenvalue weighted by Gasteiger charge is 2.18. The molecular weight excluding hydrogens is 290 g/mol. The van der Waals surface area contributed by atoms with Crippen molar-refractivity contribution in [3.05, 3.63) is 28.8 Å². The van der Waals surface area contributed by atoms with Gasteiger partial charge in [-0.3, -0.25) is 0 Å². The third kappa shape index (κ3) is 4.96. The molecule has 1 heterocycles. The van der Waals surface area contributed by atoms with Gasteiger partial charge in [0.1, 0.15) is 0 Å². The van der Waals surface area contributed by atoms with Gasteiger partial charge in [0.05, 0.1) is 5.02 Å². The van der Waals surface area contributed by atoms with E-state index < -0.39 is 0 Å². The molecule has 0 unspecified atom stereocenters. The first-order chi connectivity index (χ1) is 9.66. The molecule has 2 nitrogen and oxygen atoms in total. The Morgan fingerprint density at radius 3 is 2.80 bits per heavy atom. The van der Waals surface area contributed by atoms with Crippen molar-refractivity contribution >= 4 is 23.4 Å². The molecule has 1 aromatic rings. The van der Waals surface area contributed by atoms with Gasteiger partial charge in [0, 0.05) is 29.9 Å². The van der Waals surface area contributed by atoms with Gasteiger partial charge in [-0.2, -0.15) is 0 Å². The van der Waals surface area contributed by atoms with E-state index in [1.165, 1.54) is 10.5 Å². The molecule has 0 radical (unpaired) electrons. The highest BCUT2D eigenvalue weighted by Crippen LogP contribution is 2.36. The smallest absolute Gasteiger partial charge is 0.0545 e. The predicted octanol–water partition coefficient (Wildman–Crippen LogP) is 4.36. The minimum Gasteiger partial charge on any atom is -0.381 e. The molecule has 4 heteroatoms. The van der Waals surface area contributed by atoms with E-state index in [0.29, 0.717) is 11.2 Å². The Balaban J connectivity index is 2.01. The lowest BCUT2D eigenvalue weighted by Crippen LogP contribution is -2.20. The molecule has 1 aromatic carbocycles. The van der Waals surface area contributed by atoms with Crippen LogP contribution in [0.5, 0.6) is 0 Å². The van der Waals surface area contributed by atoms with E-state index in [1.54, 1.807) is 0 Å². The van der Waals surface area contributed by atoms with Gasteiger partial charge in [0.25, 0.3) is 0 Å². The zero-order valence-corrected chi connectivity index (χ0v) is 13.9.